The van der Waals surface area contributed by atoms with E-state index in [9.17, 15) is 9.18 Å². The van der Waals surface area contributed by atoms with Gasteiger partial charge in [-0.25, -0.2) is 4.79 Å². The summed E-state index contributed by atoms with van der Waals surface area (Å²) in [5.41, 5.74) is -0.354. The highest BCUT2D eigenvalue weighted by Crippen LogP contribution is 2.30. The van der Waals surface area contributed by atoms with Gasteiger partial charge < -0.3 is 9.64 Å². The summed E-state index contributed by atoms with van der Waals surface area (Å²) in [6.07, 6.45) is 0.405. The van der Waals surface area contributed by atoms with Crippen molar-refractivity contribution in [2.75, 3.05) is 26.4 Å². The Morgan fingerprint density at radius 3 is 2.85 bits per heavy atom. The van der Waals surface area contributed by atoms with Crippen molar-refractivity contribution < 1.29 is 13.9 Å². The van der Waals surface area contributed by atoms with E-state index in [4.69, 9.17) is 4.74 Å². The maximum Gasteiger partial charge on any atom is 0.409 e. The van der Waals surface area contributed by atoms with Crippen LogP contribution in [-0.2, 0) is 4.74 Å². The first-order valence-electron chi connectivity index (χ1n) is 4.59. The second-order valence-electron chi connectivity index (χ2n) is 3.81. The molecule has 0 spiro atoms. The average molecular weight is 189 g/mol. The summed E-state index contributed by atoms with van der Waals surface area (Å²) in [4.78, 5) is 12.8. The fraction of sp³-hybridized carbons (Fsp3) is 0.889. The minimum absolute atomic E-state index is 0.320. The van der Waals surface area contributed by atoms with Gasteiger partial charge in [-0.05, 0) is 13.3 Å². The van der Waals surface area contributed by atoms with Crippen LogP contribution < -0.4 is 0 Å². The standard InChI is InChI=1S/C9H16FNO2/c1-3-13-8(12)11-5-4-9(2,6-10)7-11/h3-7H2,1-2H3. The van der Waals surface area contributed by atoms with E-state index < -0.39 is 0 Å². The molecule has 1 unspecified atom stereocenters. The van der Waals surface area contributed by atoms with Crippen LogP contribution in [0.25, 0.3) is 0 Å². The first-order chi connectivity index (χ1) is 6.11. The van der Waals surface area contributed by atoms with Crippen molar-refractivity contribution in [3.8, 4) is 0 Å². The lowest BCUT2D eigenvalue weighted by molar-refractivity contribution is 0.109. The number of rotatable bonds is 2. The zero-order chi connectivity index (χ0) is 9.90. The number of amides is 1. The SMILES string of the molecule is CCOC(=O)N1CCC(C)(CF)C1. The molecule has 4 heteroatoms. The molecular weight excluding hydrogens is 173 g/mol. The number of ether oxygens (including phenoxy) is 1. The van der Waals surface area contributed by atoms with Crippen molar-refractivity contribution in [2.24, 2.45) is 5.41 Å². The average Bonchev–Trinajstić information content (AvgIpc) is 2.50. The number of carbonyl (C=O) groups is 1. The minimum Gasteiger partial charge on any atom is -0.450 e. The topological polar surface area (TPSA) is 29.5 Å². The Kier molecular flexibility index (Phi) is 3.12. The second kappa shape index (κ2) is 3.94. The van der Waals surface area contributed by atoms with Crippen molar-refractivity contribution in [2.45, 2.75) is 20.3 Å². The Morgan fingerprint density at radius 2 is 2.38 bits per heavy atom. The van der Waals surface area contributed by atoms with E-state index in [1.165, 1.54) is 0 Å². The summed E-state index contributed by atoms with van der Waals surface area (Å²) in [7, 11) is 0. The number of alkyl halides is 1. The number of nitrogens with zero attached hydrogens (tertiary/aromatic N) is 1. The molecule has 1 saturated heterocycles. The Hall–Kier alpha value is -0.800. The van der Waals surface area contributed by atoms with Crippen LogP contribution in [0.3, 0.4) is 0 Å². The van der Waals surface area contributed by atoms with Gasteiger partial charge in [0, 0.05) is 18.5 Å². The summed E-state index contributed by atoms with van der Waals surface area (Å²) in [5, 5.41) is 0. The van der Waals surface area contributed by atoms with Crippen LogP contribution in [0.5, 0.6) is 0 Å². The van der Waals surface area contributed by atoms with Gasteiger partial charge >= 0.3 is 6.09 Å². The van der Waals surface area contributed by atoms with E-state index in [1.54, 1.807) is 11.8 Å². The van der Waals surface area contributed by atoms with Gasteiger partial charge in [-0.2, -0.15) is 0 Å². The highest BCUT2D eigenvalue weighted by molar-refractivity contribution is 5.68. The molecule has 13 heavy (non-hydrogen) atoms. The first-order valence-corrected chi connectivity index (χ1v) is 4.59. The van der Waals surface area contributed by atoms with E-state index in [0.29, 0.717) is 19.7 Å². The van der Waals surface area contributed by atoms with Gasteiger partial charge in [0.2, 0.25) is 0 Å². The molecule has 1 heterocycles. The van der Waals surface area contributed by atoms with E-state index >= 15 is 0 Å². The van der Waals surface area contributed by atoms with Gasteiger partial charge in [-0.3, -0.25) is 4.39 Å². The maximum absolute atomic E-state index is 12.5. The lowest BCUT2D eigenvalue weighted by Crippen LogP contribution is -2.32. The smallest absolute Gasteiger partial charge is 0.409 e. The predicted octanol–water partition coefficient (Wildman–Crippen LogP) is 1.82. The van der Waals surface area contributed by atoms with Gasteiger partial charge in [-0.15, -0.1) is 0 Å². The van der Waals surface area contributed by atoms with Crippen molar-refractivity contribution in [1.82, 2.24) is 4.90 Å². The Bertz CT molecular complexity index is 198. The monoisotopic (exact) mass is 189 g/mol. The summed E-state index contributed by atoms with van der Waals surface area (Å²) in [6, 6.07) is 0. The predicted molar refractivity (Wildman–Crippen MR) is 47.3 cm³/mol. The molecule has 0 aromatic carbocycles. The molecule has 0 radical (unpaired) electrons. The molecule has 1 rings (SSSR count). The second-order valence-corrected chi connectivity index (χ2v) is 3.81. The lowest BCUT2D eigenvalue weighted by Gasteiger charge is -2.20. The Labute approximate surface area is 77.9 Å². The fourth-order valence-electron chi connectivity index (χ4n) is 1.50. The third-order valence-electron chi connectivity index (χ3n) is 2.41. The molecule has 0 aliphatic carbocycles. The first kappa shape index (κ1) is 10.3. The van der Waals surface area contributed by atoms with Gasteiger partial charge in [0.05, 0.1) is 13.3 Å². The number of hydrogen-bond donors (Lipinski definition) is 0. The highest BCUT2D eigenvalue weighted by atomic mass is 19.1. The van der Waals surface area contributed by atoms with Crippen molar-refractivity contribution in [1.29, 1.82) is 0 Å². The van der Waals surface area contributed by atoms with Crippen molar-refractivity contribution in [3.05, 3.63) is 0 Å². The third-order valence-corrected chi connectivity index (χ3v) is 2.41. The summed E-state index contributed by atoms with van der Waals surface area (Å²) in [6.45, 7) is 4.71. The van der Waals surface area contributed by atoms with Crippen LogP contribution >= 0.6 is 0 Å². The van der Waals surface area contributed by atoms with Gasteiger partial charge in [-0.1, -0.05) is 6.92 Å². The van der Waals surface area contributed by atoms with Crippen LogP contribution in [0.4, 0.5) is 9.18 Å². The maximum atomic E-state index is 12.5. The van der Waals surface area contributed by atoms with Gasteiger partial charge in [0.15, 0.2) is 0 Å². The number of carbonyl (C=O) groups excluding carboxylic acids is 1. The Morgan fingerprint density at radius 1 is 1.69 bits per heavy atom. The largest absolute Gasteiger partial charge is 0.450 e. The molecule has 76 valence electrons. The molecule has 1 atom stereocenters. The fourth-order valence-corrected chi connectivity index (χ4v) is 1.50. The van der Waals surface area contributed by atoms with Crippen LogP contribution in [-0.4, -0.2) is 37.4 Å². The van der Waals surface area contributed by atoms with Gasteiger partial charge in [0.25, 0.3) is 0 Å². The zero-order valence-corrected chi connectivity index (χ0v) is 8.18. The third kappa shape index (κ3) is 2.32. The van der Waals surface area contributed by atoms with Crippen LogP contribution in [0.1, 0.15) is 20.3 Å². The number of hydrogen-bond acceptors (Lipinski definition) is 2. The molecule has 1 amide bonds. The molecule has 1 aliphatic heterocycles. The quantitative estimate of drug-likeness (QED) is 0.663. The van der Waals surface area contributed by atoms with Crippen LogP contribution in [0.2, 0.25) is 0 Å². The van der Waals surface area contributed by atoms with Crippen molar-refractivity contribution >= 4 is 6.09 Å². The molecule has 0 N–H and O–H groups in total. The van der Waals surface area contributed by atoms with E-state index in [-0.39, 0.29) is 18.2 Å². The molecule has 0 aromatic heterocycles. The minimum atomic E-state index is -0.372. The Balaban J connectivity index is 2.45. The molecule has 1 fully saturated rings. The molecule has 3 nitrogen and oxygen atoms in total. The van der Waals surface area contributed by atoms with Gasteiger partial charge in [0.1, 0.15) is 0 Å². The van der Waals surface area contributed by atoms with E-state index in [0.717, 1.165) is 6.42 Å². The number of halogens is 1. The van der Waals surface area contributed by atoms with Crippen molar-refractivity contribution in [3.63, 3.8) is 0 Å². The molecule has 0 bridgehead atoms. The summed E-state index contributed by atoms with van der Waals surface area (Å²) >= 11 is 0. The van der Waals surface area contributed by atoms with E-state index in [2.05, 4.69) is 0 Å². The zero-order valence-electron chi connectivity index (χ0n) is 8.18. The van der Waals surface area contributed by atoms with Crippen LogP contribution in [0, 0.1) is 5.41 Å². The highest BCUT2D eigenvalue weighted by Gasteiger charge is 2.36. The van der Waals surface area contributed by atoms with E-state index in [1.807, 2.05) is 6.92 Å². The summed E-state index contributed by atoms with van der Waals surface area (Å²) < 4.78 is 17.4. The van der Waals surface area contributed by atoms with Crippen LogP contribution in [0.15, 0.2) is 0 Å². The molecule has 1 aliphatic rings. The normalized spacial score (nSPS) is 27.8. The summed E-state index contributed by atoms with van der Waals surface area (Å²) in [5.74, 6) is 0. The lowest BCUT2D eigenvalue weighted by atomic mass is 9.92. The number of likely N-dealkylation sites (tertiary alicyclic amines) is 1. The molecular formula is C9H16FNO2. The molecule has 0 saturated carbocycles. The molecule has 0 aromatic rings.